The van der Waals surface area contributed by atoms with Crippen LogP contribution in [0.25, 0.3) is 0 Å². The number of ether oxygens (including phenoxy) is 2. The number of carbonyl (C=O) groups excluding carboxylic acids is 4. The molecule has 2 aromatic carbocycles. The van der Waals surface area contributed by atoms with Crippen molar-refractivity contribution in [3.8, 4) is 0 Å². The number of methoxy groups -OCH3 is 1. The summed E-state index contributed by atoms with van der Waals surface area (Å²) in [4.78, 5) is 53.5. The maximum atomic E-state index is 13.6. The highest BCUT2D eigenvalue weighted by atomic mass is 16.5. The highest BCUT2D eigenvalue weighted by Gasteiger charge is 2.40. The van der Waals surface area contributed by atoms with Crippen molar-refractivity contribution in [1.82, 2.24) is 0 Å². The van der Waals surface area contributed by atoms with Gasteiger partial charge in [0.05, 0.1) is 5.60 Å². The second-order valence-corrected chi connectivity index (χ2v) is 9.59. The molecule has 2 aromatic rings. The summed E-state index contributed by atoms with van der Waals surface area (Å²) in [7, 11) is 1.68. The number of ketones is 4. The molecule has 2 aliphatic rings. The fourth-order valence-corrected chi connectivity index (χ4v) is 5.10. The molecule has 0 heterocycles. The molecule has 0 aliphatic heterocycles. The van der Waals surface area contributed by atoms with Gasteiger partial charge in [-0.2, -0.15) is 0 Å². The van der Waals surface area contributed by atoms with Crippen molar-refractivity contribution < 1.29 is 28.7 Å². The van der Waals surface area contributed by atoms with Gasteiger partial charge in [0, 0.05) is 64.9 Å². The van der Waals surface area contributed by atoms with Crippen LogP contribution in [-0.4, -0.2) is 49.1 Å². The smallest absolute Gasteiger partial charge is 0.193 e. The van der Waals surface area contributed by atoms with Gasteiger partial charge in [-0.05, 0) is 47.0 Å². The molecule has 0 bridgehead atoms. The van der Waals surface area contributed by atoms with Crippen LogP contribution in [0.15, 0.2) is 70.8 Å². The van der Waals surface area contributed by atoms with Gasteiger partial charge in [0.25, 0.3) is 0 Å². The van der Waals surface area contributed by atoms with Crippen LogP contribution in [0, 0.1) is 0 Å². The summed E-state index contributed by atoms with van der Waals surface area (Å²) in [6, 6.07) is 13.6. The van der Waals surface area contributed by atoms with E-state index in [0.717, 1.165) is 6.61 Å². The molecule has 0 radical (unpaired) electrons. The molecule has 0 N–H and O–H groups in total. The molecule has 0 saturated heterocycles. The van der Waals surface area contributed by atoms with Gasteiger partial charge >= 0.3 is 0 Å². The van der Waals surface area contributed by atoms with Crippen molar-refractivity contribution in [2.24, 2.45) is 0 Å². The Kier molecular flexibility index (Phi) is 9.47. The molecule has 0 aromatic heterocycles. The maximum absolute atomic E-state index is 13.6. The Hall–Kier alpha value is -3.48. The van der Waals surface area contributed by atoms with Gasteiger partial charge in [-0.15, -0.1) is 0 Å². The predicted molar refractivity (Wildman–Crippen MR) is 147 cm³/mol. The van der Waals surface area contributed by atoms with Gasteiger partial charge in [0.2, 0.25) is 0 Å². The predicted octanol–water partition coefficient (Wildman–Crippen LogP) is 6.40. The molecule has 6 heteroatoms. The largest absolute Gasteiger partial charge is 0.385 e. The Morgan fingerprint density at radius 1 is 0.605 bits per heavy atom. The Bertz CT molecular complexity index is 1320. The van der Waals surface area contributed by atoms with E-state index in [9.17, 15) is 19.2 Å². The van der Waals surface area contributed by atoms with Crippen molar-refractivity contribution in [2.45, 2.75) is 59.5 Å². The number of carbonyl (C=O) groups is 4. The minimum atomic E-state index is -0.981. The van der Waals surface area contributed by atoms with E-state index >= 15 is 0 Å². The molecule has 0 spiro atoms. The number of fused-ring (bicyclic) bond motifs is 2. The molecule has 0 amide bonds. The summed E-state index contributed by atoms with van der Waals surface area (Å²) in [6.45, 7) is 10.4. The minimum absolute atomic E-state index is 0.145. The number of benzene rings is 2. The van der Waals surface area contributed by atoms with E-state index in [2.05, 4.69) is 4.74 Å². The summed E-state index contributed by atoms with van der Waals surface area (Å²) in [6.07, 6.45) is 0.787. The van der Waals surface area contributed by atoms with Gasteiger partial charge in [0.1, 0.15) is 0 Å². The summed E-state index contributed by atoms with van der Waals surface area (Å²) in [5, 5.41) is 0. The highest BCUT2D eigenvalue weighted by Crippen LogP contribution is 2.38. The van der Waals surface area contributed by atoms with Crippen LogP contribution in [0.1, 0.15) is 95.3 Å². The number of hydrogen-bond acceptors (Lipinski definition) is 6. The Morgan fingerprint density at radius 3 is 1.42 bits per heavy atom. The van der Waals surface area contributed by atoms with Crippen LogP contribution in [0.4, 0.5) is 0 Å². The lowest BCUT2D eigenvalue weighted by Gasteiger charge is -2.32. The van der Waals surface area contributed by atoms with Gasteiger partial charge in [-0.1, -0.05) is 55.5 Å². The van der Waals surface area contributed by atoms with Crippen LogP contribution in [0.2, 0.25) is 0 Å². The molecular formula is C32H36O6. The van der Waals surface area contributed by atoms with E-state index < -0.39 is 5.60 Å². The highest BCUT2D eigenvalue weighted by molar-refractivity contribution is 6.28. The van der Waals surface area contributed by atoms with Crippen molar-refractivity contribution in [3.05, 3.63) is 93.1 Å². The Morgan fingerprint density at radius 2 is 1.00 bits per heavy atom. The fraction of sp³-hybridized carbons (Fsp3) is 0.375. The lowest BCUT2D eigenvalue weighted by Crippen LogP contribution is -2.37. The quantitative estimate of drug-likeness (QED) is 0.404. The summed E-state index contributed by atoms with van der Waals surface area (Å²) in [5.74, 6) is -0.794. The molecule has 38 heavy (non-hydrogen) atoms. The van der Waals surface area contributed by atoms with Crippen molar-refractivity contribution in [3.63, 3.8) is 0 Å². The van der Waals surface area contributed by atoms with E-state index in [4.69, 9.17) is 4.74 Å². The van der Waals surface area contributed by atoms with Gasteiger partial charge in [-0.3, -0.25) is 19.2 Å². The first-order valence-corrected chi connectivity index (χ1v) is 13.1. The minimum Gasteiger partial charge on any atom is -0.385 e. The summed E-state index contributed by atoms with van der Waals surface area (Å²) < 4.78 is 10.4. The Labute approximate surface area is 224 Å². The standard InChI is InChI=1S/C29H28O5.C3H8O/c1-5-17-22(26(31)19-12-8-7-11-18(19)25(17)30)15-16-23-24(29(3,4)34-6-2)28(33)21-14-10-9-13-20(21)27(23)32;1-3-4-2/h7-14H,5-6,15-16H2,1-4H3;3H2,1-2H3. The monoisotopic (exact) mass is 516 g/mol. The number of rotatable bonds is 8. The van der Waals surface area contributed by atoms with E-state index in [1.807, 2.05) is 20.8 Å². The molecule has 0 unspecified atom stereocenters. The number of Topliss-reactive ketones (excluding diaryl/α,β-unsaturated/α-hetero) is 4. The molecule has 0 saturated carbocycles. The molecule has 0 fully saturated rings. The maximum Gasteiger partial charge on any atom is 0.193 e. The SMILES string of the molecule is CCOC.CCOC(C)(C)C1=C(CCC2=C(CC)C(=O)c3ccccc3C2=O)C(=O)c2ccccc2C1=O. The van der Waals surface area contributed by atoms with E-state index in [1.165, 1.54) is 0 Å². The molecule has 0 atom stereocenters. The summed E-state index contributed by atoms with van der Waals surface area (Å²) >= 11 is 0. The zero-order chi connectivity index (χ0) is 28.0. The molecule has 200 valence electrons. The second kappa shape index (κ2) is 12.4. The zero-order valence-electron chi connectivity index (χ0n) is 23.1. The van der Waals surface area contributed by atoms with Gasteiger partial charge in [-0.25, -0.2) is 0 Å². The molecule has 4 rings (SSSR count). The first kappa shape index (κ1) is 29.1. The third-order valence-corrected chi connectivity index (χ3v) is 6.92. The average molecular weight is 517 g/mol. The van der Waals surface area contributed by atoms with Crippen molar-refractivity contribution >= 4 is 23.1 Å². The third-order valence-electron chi connectivity index (χ3n) is 6.92. The Balaban J connectivity index is 0.000000934. The van der Waals surface area contributed by atoms with Gasteiger partial charge < -0.3 is 9.47 Å². The van der Waals surface area contributed by atoms with Crippen molar-refractivity contribution in [2.75, 3.05) is 20.3 Å². The average Bonchev–Trinajstić information content (AvgIpc) is 2.92. The normalized spacial score (nSPS) is 15.3. The first-order valence-electron chi connectivity index (χ1n) is 13.1. The van der Waals surface area contributed by atoms with Crippen molar-refractivity contribution in [1.29, 1.82) is 0 Å². The summed E-state index contributed by atoms with van der Waals surface area (Å²) in [5.41, 5.74) is 2.13. The van der Waals surface area contributed by atoms with E-state index in [0.29, 0.717) is 57.6 Å². The molecule has 2 aliphatic carbocycles. The first-order chi connectivity index (χ1) is 18.1. The lowest BCUT2D eigenvalue weighted by molar-refractivity contribution is 0.0169. The lowest BCUT2D eigenvalue weighted by atomic mass is 9.75. The van der Waals surface area contributed by atoms with E-state index in [1.54, 1.807) is 69.5 Å². The van der Waals surface area contributed by atoms with Crippen LogP contribution in [-0.2, 0) is 9.47 Å². The van der Waals surface area contributed by atoms with Gasteiger partial charge in [0.15, 0.2) is 23.1 Å². The van der Waals surface area contributed by atoms with E-state index in [-0.39, 0.29) is 36.0 Å². The molecular weight excluding hydrogens is 480 g/mol. The topological polar surface area (TPSA) is 86.7 Å². The molecule has 6 nitrogen and oxygen atoms in total. The number of hydrogen-bond donors (Lipinski definition) is 0. The fourth-order valence-electron chi connectivity index (χ4n) is 5.10. The van der Waals surface area contributed by atoms with Crippen LogP contribution >= 0.6 is 0 Å². The zero-order valence-corrected chi connectivity index (χ0v) is 23.1. The van der Waals surface area contributed by atoms with Crippen LogP contribution < -0.4 is 0 Å². The number of allylic oxidation sites excluding steroid dienone is 3. The third kappa shape index (κ3) is 5.52. The second-order valence-electron chi connectivity index (χ2n) is 9.59. The van der Waals surface area contributed by atoms with Crippen LogP contribution in [0.3, 0.4) is 0 Å². The van der Waals surface area contributed by atoms with Crippen LogP contribution in [0.5, 0.6) is 0 Å².